The zero-order chi connectivity index (χ0) is 18.1. The first-order valence-electron chi connectivity index (χ1n) is 7.42. The second kappa shape index (κ2) is 7.08. The third-order valence-electron chi connectivity index (χ3n) is 3.73. The highest BCUT2D eigenvalue weighted by Gasteiger charge is 2.20. The van der Waals surface area contributed by atoms with Gasteiger partial charge in [0.1, 0.15) is 5.15 Å². The Morgan fingerprint density at radius 2 is 1.72 bits per heavy atom. The van der Waals surface area contributed by atoms with Gasteiger partial charge in [0.05, 0.1) is 11.3 Å². The van der Waals surface area contributed by atoms with E-state index in [9.17, 15) is 4.79 Å². The second-order valence-corrected chi connectivity index (χ2v) is 6.76. The van der Waals surface area contributed by atoms with Gasteiger partial charge in [-0.25, -0.2) is 0 Å². The van der Waals surface area contributed by atoms with Crippen molar-refractivity contribution in [3.63, 3.8) is 0 Å². The van der Waals surface area contributed by atoms with Gasteiger partial charge < -0.3 is 5.32 Å². The van der Waals surface area contributed by atoms with Crippen molar-refractivity contribution in [2.45, 2.75) is 6.92 Å². The minimum absolute atomic E-state index is 0.290. The summed E-state index contributed by atoms with van der Waals surface area (Å²) in [5.41, 5.74) is 3.15. The monoisotopic (exact) mass is 393 g/mol. The van der Waals surface area contributed by atoms with E-state index >= 15 is 0 Å². The minimum Gasteiger partial charge on any atom is -0.321 e. The Kier molecular flexibility index (Phi) is 5.04. The average Bonchev–Trinajstić information content (AvgIpc) is 2.79. The van der Waals surface area contributed by atoms with Crippen LogP contribution >= 0.6 is 34.8 Å². The molecular weight excluding hydrogens is 381 g/mol. The van der Waals surface area contributed by atoms with Gasteiger partial charge in [0, 0.05) is 28.3 Å². The molecule has 1 aromatic heterocycles. The molecule has 0 saturated carbocycles. The molecule has 1 N–H and O–H groups in total. The molecular formula is C18H14Cl3N3O. The summed E-state index contributed by atoms with van der Waals surface area (Å²) in [6.07, 6.45) is 0. The molecule has 4 nitrogen and oxygen atoms in total. The predicted molar refractivity (Wildman–Crippen MR) is 103 cm³/mol. The number of nitrogens with one attached hydrogen (secondary N) is 1. The fourth-order valence-electron chi connectivity index (χ4n) is 2.63. The number of benzene rings is 2. The number of hydrogen-bond donors (Lipinski definition) is 1. The highest BCUT2D eigenvalue weighted by molar-refractivity contribution is 6.35. The van der Waals surface area contributed by atoms with E-state index < -0.39 is 0 Å². The summed E-state index contributed by atoms with van der Waals surface area (Å²) < 4.78 is 1.47. The Balaban J connectivity index is 2.00. The molecule has 0 aliphatic carbocycles. The SMILES string of the molecule is Cc1nn(C)c(Cl)c1C(=O)Nc1ccccc1-c1cc(Cl)cc(Cl)c1. The molecule has 0 unspecified atom stereocenters. The summed E-state index contributed by atoms with van der Waals surface area (Å²) in [6, 6.07) is 12.6. The smallest absolute Gasteiger partial charge is 0.260 e. The molecule has 1 amide bonds. The van der Waals surface area contributed by atoms with Crippen LogP contribution in [0.15, 0.2) is 42.5 Å². The van der Waals surface area contributed by atoms with Crippen LogP contribution in [0, 0.1) is 6.92 Å². The number of rotatable bonds is 3. The summed E-state index contributed by atoms with van der Waals surface area (Å²) in [5, 5.41) is 8.40. The lowest BCUT2D eigenvalue weighted by atomic mass is 10.0. The fourth-order valence-corrected chi connectivity index (χ4v) is 3.41. The Morgan fingerprint density at radius 1 is 1.08 bits per heavy atom. The summed E-state index contributed by atoms with van der Waals surface area (Å²) in [6.45, 7) is 1.74. The van der Waals surface area contributed by atoms with Crippen molar-refractivity contribution in [2.75, 3.05) is 5.32 Å². The summed E-state index contributed by atoms with van der Waals surface area (Å²) >= 11 is 18.4. The fraction of sp³-hybridized carbons (Fsp3) is 0.111. The van der Waals surface area contributed by atoms with Crippen LogP contribution in [0.25, 0.3) is 11.1 Å². The first kappa shape index (κ1) is 17.8. The van der Waals surface area contributed by atoms with Crippen molar-refractivity contribution in [3.8, 4) is 11.1 Å². The van der Waals surface area contributed by atoms with Crippen LogP contribution in [0.5, 0.6) is 0 Å². The minimum atomic E-state index is -0.323. The second-order valence-electron chi connectivity index (χ2n) is 5.53. The molecule has 0 saturated heterocycles. The molecule has 0 spiro atoms. The van der Waals surface area contributed by atoms with Crippen LogP contribution in [0.3, 0.4) is 0 Å². The zero-order valence-corrected chi connectivity index (χ0v) is 15.7. The van der Waals surface area contributed by atoms with E-state index in [2.05, 4.69) is 10.4 Å². The van der Waals surface area contributed by atoms with E-state index in [1.54, 1.807) is 32.2 Å². The summed E-state index contributed by atoms with van der Waals surface area (Å²) in [4.78, 5) is 12.7. The van der Waals surface area contributed by atoms with Crippen molar-refractivity contribution in [2.24, 2.45) is 7.05 Å². The van der Waals surface area contributed by atoms with Crippen LogP contribution in [0.4, 0.5) is 5.69 Å². The van der Waals surface area contributed by atoms with Gasteiger partial charge in [-0.15, -0.1) is 0 Å². The van der Waals surface area contributed by atoms with Crippen LogP contribution in [-0.4, -0.2) is 15.7 Å². The molecule has 3 rings (SSSR count). The van der Waals surface area contributed by atoms with Crippen molar-refractivity contribution in [3.05, 3.63) is 68.9 Å². The van der Waals surface area contributed by atoms with Gasteiger partial charge in [-0.1, -0.05) is 53.0 Å². The molecule has 0 aliphatic rings. The lowest BCUT2D eigenvalue weighted by molar-refractivity contribution is 0.102. The van der Waals surface area contributed by atoms with E-state index in [4.69, 9.17) is 34.8 Å². The number of aromatic nitrogens is 2. The molecule has 128 valence electrons. The van der Waals surface area contributed by atoms with Crippen molar-refractivity contribution in [1.29, 1.82) is 0 Å². The van der Waals surface area contributed by atoms with E-state index in [-0.39, 0.29) is 5.91 Å². The highest BCUT2D eigenvalue weighted by Crippen LogP contribution is 2.33. The number of anilines is 1. The van der Waals surface area contributed by atoms with Gasteiger partial charge in [-0.3, -0.25) is 9.48 Å². The summed E-state index contributed by atoms with van der Waals surface area (Å²) in [7, 11) is 1.69. The maximum absolute atomic E-state index is 12.7. The van der Waals surface area contributed by atoms with Crippen molar-refractivity contribution < 1.29 is 4.79 Å². The third-order valence-corrected chi connectivity index (χ3v) is 4.60. The lowest BCUT2D eigenvalue weighted by Crippen LogP contribution is -2.13. The number of carbonyl (C=O) groups is 1. The van der Waals surface area contributed by atoms with Crippen molar-refractivity contribution in [1.82, 2.24) is 9.78 Å². The standard InChI is InChI=1S/C18H14Cl3N3O/c1-10-16(17(21)24(2)23-10)18(25)22-15-6-4-3-5-14(15)11-7-12(19)9-13(20)8-11/h3-9H,1-2H3,(H,22,25). The normalized spacial score (nSPS) is 10.8. The van der Waals surface area contributed by atoms with E-state index in [1.165, 1.54) is 4.68 Å². The Morgan fingerprint density at radius 3 is 2.32 bits per heavy atom. The Bertz CT molecular complexity index is 946. The number of carbonyl (C=O) groups excluding carboxylic acids is 1. The van der Waals surface area contributed by atoms with E-state index in [0.29, 0.717) is 32.1 Å². The third kappa shape index (κ3) is 3.66. The number of amides is 1. The van der Waals surface area contributed by atoms with Gasteiger partial charge >= 0.3 is 0 Å². The maximum atomic E-state index is 12.7. The first-order valence-corrected chi connectivity index (χ1v) is 8.56. The van der Waals surface area contributed by atoms with E-state index in [1.807, 2.05) is 24.3 Å². The van der Waals surface area contributed by atoms with Crippen LogP contribution in [0.2, 0.25) is 15.2 Å². The van der Waals surface area contributed by atoms with Gasteiger partial charge in [0.15, 0.2) is 0 Å². The number of hydrogen-bond acceptors (Lipinski definition) is 2. The molecule has 0 bridgehead atoms. The van der Waals surface area contributed by atoms with Gasteiger partial charge in [0.2, 0.25) is 0 Å². The van der Waals surface area contributed by atoms with E-state index in [0.717, 1.165) is 11.1 Å². The molecule has 7 heteroatoms. The molecule has 2 aromatic carbocycles. The number of nitrogens with zero attached hydrogens (tertiary/aromatic N) is 2. The largest absolute Gasteiger partial charge is 0.321 e. The number of halogens is 3. The van der Waals surface area contributed by atoms with Crippen LogP contribution in [-0.2, 0) is 7.05 Å². The predicted octanol–water partition coefficient (Wildman–Crippen LogP) is 5.61. The van der Waals surface area contributed by atoms with Crippen LogP contribution < -0.4 is 5.32 Å². The molecule has 0 fully saturated rings. The molecule has 0 radical (unpaired) electrons. The molecule has 3 aromatic rings. The highest BCUT2D eigenvalue weighted by atomic mass is 35.5. The zero-order valence-electron chi connectivity index (χ0n) is 13.5. The quantitative estimate of drug-likeness (QED) is 0.628. The molecule has 0 atom stereocenters. The lowest BCUT2D eigenvalue weighted by Gasteiger charge is -2.12. The Hall–Kier alpha value is -2.01. The topological polar surface area (TPSA) is 46.9 Å². The summed E-state index contributed by atoms with van der Waals surface area (Å²) in [5.74, 6) is -0.323. The van der Waals surface area contributed by atoms with Crippen LogP contribution in [0.1, 0.15) is 16.1 Å². The first-order chi connectivity index (χ1) is 11.9. The van der Waals surface area contributed by atoms with Gasteiger partial charge in [0.25, 0.3) is 5.91 Å². The molecule has 25 heavy (non-hydrogen) atoms. The van der Waals surface area contributed by atoms with Crippen molar-refractivity contribution >= 4 is 46.4 Å². The molecule has 1 heterocycles. The van der Waals surface area contributed by atoms with Gasteiger partial charge in [-0.2, -0.15) is 5.10 Å². The number of aryl methyl sites for hydroxylation is 2. The number of para-hydroxylation sites is 1. The van der Waals surface area contributed by atoms with Gasteiger partial charge in [-0.05, 0) is 36.8 Å². The average molecular weight is 395 g/mol. The maximum Gasteiger partial charge on any atom is 0.260 e. The Labute approximate surface area is 160 Å². The molecule has 0 aliphatic heterocycles.